The van der Waals surface area contributed by atoms with Crippen molar-refractivity contribution in [2.45, 2.75) is 32.7 Å². The number of likely N-dealkylation sites (tertiary alicyclic amines) is 1. The second kappa shape index (κ2) is 6.30. The average Bonchev–Trinajstić information content (AvgIpc) is 2.86. The van der Waals surface area contributed by atoms with Crippen LogP contribution in [0.1, 0.15) is 37.0 Å². The molecule has 1 heterocycles. The molecule has 6 nitrogen and oxygen atoms in total. The third kappa shape index (κ3) is 3.10. The van der Waals surface area contributed by atoms with Crippen LogP contribution in [-0.2, 0) is 0 Å². The number of nitrogens with one attached hydrogen (secondary N) is 1. The van der Waals surface area contributed by atoms with Crippen LogP contribution in [0.15, 0.2) is 12.1 Å². The van der Waals surface area contributed by atoms with E-state index in [1.165, 1.54) is 12.1 Å². The Kier molecular flexibility index (Phi) is 4.67. The van der Waals surface area contributed by atoms with Gasteiger partial charge >= 0.3 is 0 Å². The van der Waals surface area contributed by atoms with Crippen molar-refractivity contribution in [2.24, 2.45) is 0 Å². The quantitative estimate of drug-likeness (QED) is 0.683. The van der Waals surface area contributed by atoms with Crippen LogP contribution >= 0.6 is 11.6 Å². The van der Waals surface area contributed by atoms with Gasteiger partial charge in [0.05, 0.1) is 9.95 Å². The first-order chi connectivity index (χ1) is 9.95. The summed E-state index contributed by atoms with van der Waals surface area (Å²) in [7, 11) is 0. The molecule has 0 spiro atoms. The normalized spacial score (nSPS) is 17.9. The van der Waals surface area contributed by atoms with Gasteiger partial charge in [0.25, 0.3) is 11.6 Å². The first-order valence-corrected chi connectivity index (χ1v) is 7.36. The number of rotatable bonds is 4. The monoisotopic (exact) mass is 311 g/mol. The molecule has 1 saturated heterocycles. The highest BCUT2D eigenvalue weighted by Gasteiger charge is 2.28. The van der Waals surface area contributed by atoms with Gasteiger partial charge in [0.2, 0.25) is 0 Å². The molecular weight excluding hydrogens is 294 g/mol. The van der Waals surface area contributed by atoms with E-state index in [1.807, 2.05) is 13.8 Å². The number of carbonyl (C=O) groups is 1. The number of nitro groups is 1. The summed E-state index contributed by atoms with van der Waals surface area (Å²) >= 11 is 6.11. The fourth-order valence-corrected chi connectivity index (χ4v) is 2.89. The van der Waals surface area contributed by atoms with Crippen molar-refractivity contribution in [3.05, 3.63) is 32.8 Å². The van der Waals surface area contributed by atoms with Gasteiger partial charge in [-0.3, -0.25) is 14.9 Å². The van der Waals surface area contributed by atoms with E-state index < -0.39 is 4.92 Å². The molecule has 0 aliphatic carbocycles. The zero-order valence-electron chi connectivity index (χ0n) is 12.1. The van der Waals surface area contributed by atoms with Gasteiger partial charge in [0.1, 0.15) is 5.69 Å². The van der Waals surface area contributed by atoms with Crippen LogP contribution in [0.3, 0.4) is 0 Å². The number of nitrogens with zero attached hydrogens (tertiary/aromatic N) is 2. The SMILES string of the molecule is CCNc1c(Cl)cc(C(=O)N2CCCC2C)cc1[N+](=O)[O-]. The minimum absolute atomic E-state index is 0.156. The molecular formula is C14H18ClN3O3. The molecule has 1 N–H and O–H groups in total. The molecule has 0 radical (unpaired) electrons. The van der Waals surface area contributed by atoms with Crippen LogP contribution < -0.4 is 5.32 Å². The molecule has 0 bridgehead atoms. The topological polar surface area (TPSA) is 75.5 Å². The molecule has 1 aliphatic heterocycles. The van der Waals surface area contributed by atoms with Crippen LogP contribution in [0.4, 0.5) is 11.4 Å². The number of halogens is 1. The lowest BCUT2D eigenvalue weighted by molar-refractivity contribution is -0.384. The minimum atomic E-state index is -0.520. The zero-order chi connectivity index (χ0) is 15.6. The lowest BCUT2D eigenvalue weighted by atomic mass is 10.1. The molecule has 1 aromatic carbocycles. The van der Waals surface area contributed by atoms with Crippen molar-refractivity contribution >= 4 is 28.9 Å². The van der Waals surface area contributed by atoms with Crippen LogP contribution in [0, 0.1) is 10.1 Å². The summed E-state index contributed by atoms with van der Waals surface area (Å²) in [6, 6.07) is 2.96. The Morgan fingerprint density at radius 1 is 1.57 bits per heavy atom. The molecule has 0 aromatic heterocycles. The van der Waals surface area contributed by atoms with Gasteiger partial charge in [-0.1, -0.05) is 11.6 Å². The fourth-order valence-electron chi connectivity index (χ4n) is 2.61. The van der Waals surface area contributed by atoms with Crippen molar-refractivity contribution < 1.29 is 9.72 Å². The number of benzene rings is 1. The number of hydrogen-bond acceptors (Lipinski definition) is 4. The predicted molar refractivity (Wildman–Crippen MR) is 82.0 cm³/mol. The largest absolute Gasteiger partial charge is 0.379 e. The van der Waals surface area contributed by atoms with Crippen LogP contribution in [0.2, 0.25) is 5.02 Å². The van der Waals surface area contributed by atoms with Crippen molar-refractivity contribution in [3.8, 4) is 0 Å². The summed E-state index contributed by atoms with van der Waals surface area (Å²) in [6.45, 7) is 5.00. The molecule has 1 aliphatic rings. The van der Waals surface area contributed by atoms with Crippen LogP contribution in [-0.4, -0.2) is 34.9 Å². The van der Waals surface area contributed by atoms with E-state index in [2.05, 4.69) is 5.32 Å². The number of anilines is 1. The number of amides is 1. The first-order valence-electron chi connectivity index (χ1n) is 6.98. The minimum Gasteiger partial charge on any atom is -0.379 e. The Hall–Kier alpha value is -1.82. The molecule has 114 valence electrons. The summed E-state index contributed by atoms with van der Waals surface area (Å²) in [4.78, 5) is 24.9. The molecule has 2 rings (SSSR count). The van der Waals surface area contributed by atoms with Crippen LogP contribution in [0.25, 0.3) is 0 Å². The van der Waals surface area contributed by atoms with Gasteiger partial charge in [0.15, 0.2) is 0 Å². The lowest BCUT2D eigenvalue weighted by Gasteiger charge is -2.21. The summed E-state index contributed by atoms with van der Waals surface area (Å²) in [5.74, 6) is -0.201. The van der Waals surface area contributed by atoms with Crippen LogP contribution in [0.5, 0.6) is 0 Å². The van der Waals surface area contributed by atoms with Gasteiger partial charge in [0, 0.05) is 30.8 Å². The Morgan fingerprint density at radius 2 is 2.29 bits per heavy atom. The number of nitro benzene ring substituents is 1. The highest BCUT2D eigenvalue weighted by atomic mass is 35.5. The van der Waals surface area contributed by atoms with E-state index in [1.54, 1.807) is 4.90 Å². The van der Waals surface area contributed by atoms with E-state index in [-0.39, 0.29) is 33.9 Å². The second-order valence-electron chi connectivity index (χ2n) is 5.13. The van der Waals surface area contributed by atoms with E-state index in [4.69, 9.17) is 11.6 Å². The summed E-state index contributed by atoms with van der Waals surface area (Å²) < 4.78 is 0. The molecule has 1 atom stereocenters. The van der Waals surface area contributed by atoms with Gasteiger partial charge in [-0.15, -0.1) is 0 Å². The maximum atomic E-state index is 12.5. The van der Waals surface area contributed by atoms with Crippen molar-refractivity contribution in [1.29, 1.82) is 0 Å². The van der Waals surface area contributed by atoms with Gasteiger partial charge in [-0.05, 0) is 32.8 Å². The Balaban J connectivity index is 2.41. The molecule has 21 heavy (non-hydrogen) atoms. The third-order valence-corrected chi connectivity index (χ3v) is 3.98. The van der Waals surface area contributed by atoms with Gasteiger partial charge in [-0.2, -0.15) is 0 Å². The second-order valence-corrected chi connectivity index (χ2v) is 5.54. The maximum absolute atomic E-state index is 12.5. The average molecular weight is 312 g/mol. The summed E-state index contributed by atoms with van der Waals surface area (Å²) in [5, 5.41) is 14.3. The zero-order valence-corrected chi connectivity index (χ0v) is 12.8. The predicted octanol–water partition coefficient (Wildman–Crippen LogP) is 3.30. The van der Waals surface area contributed by atoms with E-state index in [9.17, 15) is 14.9 Å². The molecule has 1 amide bonds. The molecule has 7 heteroatoms. The van der Waals surface area contributed by atoms with Gasteiger partial charge < -0.3 is 10.2 Å². The highest BCUT2D eigenvalue weighted by Crippen LogP contribution is 2.34. The smallest absolute Gasteiger partial charge is 0.294 e. The number of carbonyl (C=O) groups excluding carboxylic acids is 1. The van der Waals surface area contributed by atoms with E-state index in [0.29, 0.717) is 13.1 Å². The number of hydrogen-bond donors (Lipinski definition) is 1. The Labute approximate surface area is 128 Å². The lowest BCUT2D eigenvalue weighted by Crippen LogP contribution is -2.33. The fraction of sp³-hybridized carbons (Fsp3) is 0.500. The van der Waals surface area contributed by atoms with Gasteiger partial charge in [-0.25, -0.2) is 0 Å². The molecule has 1 unspecified atom stereocenters. The standard InChI is InChI=1S/C14H18ClN3O3/c1-3-16-13-11(15)7-10(8-12(13)18(20)21)14(19)17-6-4-5-9(17)2/h7-9,16H,3-6H2,1-2H3. The van der Waals surface area contributed by atoms with Crippen molar-refractivity contribution in [2.75, 3.05) is 18.4 Å². The summed E-state index contributed by atoms with van der Waals surface area (Å²) in [6.07, 6.45) is 1.91. The summed E-state index contributed by atoms with van der Waals surface area (Å²) in [5.41, 5.74) is 0.358. The van der Waals surface area contributed by atoms with Crippen molar-refractivity contribution in [3.63, 3.8) is 0 Å². The molecule has 1 fully saturated rings. The molecule has 1 aromatic rings. The maximum Gasteiger partial charge on any atom is 0.294 e. The Morgan fingerprint density at radius 3 is 2.81 bits per heavy atom. The first kappa shape index (κ1) is 15.6. The Bertz CT molecular complexity index is 577. The van der Waals surface area contributed by atoms with Crippen molar-refractivity contribution in [1.82, 2.24) is 4.90 Å². The third-order valence-electron chi connectivity index (χ3n) is 3.68. The van der Waals surface area contributed by atoms with E-state index in [0.717, 1.165) is 12.8 Å². The molecule has 0 saturated carbocycles. The van der Waals surface area contributed by atoms with E-state index >= 15 is 0 Å². The highest BCUT2D eigenvalue weighted by molar-refractivity contribution is 6.34.